The first-order valence-electron chi connectivity index (χ1n) is 7.37. The van der Waals surface area contributed by atoms with Crippen molar-refractivity contribution in [3.05, 3.63) is 23.4 Å². The number of anilines is 1. The van der Waals surface area contributed by atoms with Gasteiger partial charge in [-0.05, 0) is 24.8 Å². The van der Waals surface area contributed by atoms with Gasteiger partial charge >= 0.3 is 0 Å². The zero-order valence-corrected chi connectivity index (χ0v) is 15.3. The molecule has 6 nitrogen and oxygen atoms in total. The van der Waals surface area contributed by atoms with Crippen LogP contribution in [0, 0.1) is 0 Å². The molecule has 0 saturated carbocycles. The van der Waals surface area contributed by atoms with Crippen LogP contribution in [0.4, 0.5) is 5.13 Å². The fourth-order valence-corrected chi connectivity index (χ4v) is 4.40. The molecule has 1 N–H and O–H groups in total. The van der Waals surface area contributed by atoms with Crippen LogP contribution in [-0.2, 0) is 0 Å². The fraction of sp³-hybridized carbons (Fsp3) is 0.429. The predicted octanol–water partition coefficient (Wildman–Crippen LogP) is 4.71. The van der Waals surface area contributed by atoms with Crippen LogP contribution in [0.5, 0.6) is 0 Å². The molecule has 3 aromatic rings. The minimum atomic E-state index is 0.0349. The van der Waals surface area contributed by atoms with Gasteiger partial charge in [0.15, 0.2) is 4.34 Å². The molecule has 0 amide bonds. The highest BCUT2D eigenvalue weighted by atomic mass is 32.2. The standard InChI is InChI=1S/C14H17N5OS3/c1-3-4-7-15-13-18-19-14(23-13)22-9(2)11-16-17-12(20-11)10-6-5-8-21-10/h5-6,8-9H,3-4,7H2,1-2H3,(H,15,18). The summed E-state index contributed by atoms with van der Waals surface area (Å²) in [5.41, 5.74) is 0. The molecule has 23 heavy (non-hydrogen) atoms. The summed E-state index contributed by atoms with van der Waals surface area (Å²) < 4.78 is 6.65. The Balaban J connectivity index is 1.59. The predicted molar refractivity (Wildman–Crippen MR) is 95.2 cm³/mol. The first-order chi connectivity index (χ1) is 11.3. The van der Waals surface area contributed by atoms with Crippen molar-refractivity contribution in [2.24, 2.45) is 0 Å². The van der Waals surface area contributed by atoms with Crippen LogP contribution in [0.3, 0.4) is 0 Å². The number of unbranched alkanes of at least 4 members (excludes halogenated alkanes) is 1. The van der Waals surface area contributed by atoms with E-state index < -0.39 is 0 Å². The van der Waals surface area contributed by atoms with Gasteiger partial charge in [-0.25, -0.2) is 0 Å². The fourth-order valence-electron chi connectivity index (χ4n) is 1.80. The number of aromatic nitrogens is 4. The summed E-state index contributed by atoms with van der Waals surface area (Å²) in [7, 11) is 0. The highest BCUT2D eigenvalue weighted by Gasteiger charge is 2.18. The zero-order valence-electron chi connectivity index (χ0n) is 12.9. The van der Waals surface area contributed by atoms with Crippen molar-refractivity contribution in [2.45, 2.75) is 36.3 Å². The molecule has 0 aromatic carbocycles. The summed E-state index contributed by atoms with van der Waals surface area (Å²) in [6, 6.07) is 3.94. The Morgan fingerprint density at radius 1 is 1.30 bits per heavy atom. The Kier molecular flexibility index (Phi) is 5.63. The first-order valence-corrected chi connectivity index (χ1v) is 9.95. The lowest BCUT2D eigenvalue weighted by atomic mass is 10.3. The molecular weight excluding hydrogens is 350 g/mol. The molecule has 0 aliphatic carbocycles. The summed E-state index contributed by atoms with van der Waals surface area (Å²) >= 11 is 4.72. The lowest BCUT2D eigenvalue weighted by molar-refractivity contribution is 0.510. The molecule has 3 aromatic heterocycles. The van der Waals surface area contributed by atoms with E-state index in [2.05, 4.69) is 32.6 Å². The second kappa shape index (κ2) is 7.89. The van der Waals surface area contributed by atoms with E-state index in [-0.39, 0.29) is 5.25 Å². The topological polar surface area (TPSA) is 76.7 Å². The van der Waals surface area contributed by atoms with Gasteiger partial charge in [0.2, 0.25) is 11.0 Å². The summed E-state index contributed by atoms with van der Waals surface area (Å²) in [6.07, 6.45) is 2.29. The minimum Gasteiger partial charge on any atom is -0.419 e. The van der Waals surface area contributed by atoms with Crippen molar-refractivity contribution >= 4 is 39.6 Å². The third kappa shape index (κ3) is 4.30. The summed E-state index contributed by atoms with van der Waals surface area (Å²) in [5.74, 6) is 1.18. The average molecular weight is 368 g/mol. The van der Waals surface area contributed by atoms with E-state index in [0.717, 1.165) is 33.7 Å². The number of hydrogen-bond donors (Lipinski definition) is 1. The quantitative estimate of drug-likeness (QED) is 0.456. The van der Waals surface area contributed by atoms with Crippen LogP contribution in [0.15, 0.2) is 26.3 Å². The summed E-state index contributed by atoms with van der Waals surface area (Å²) in [4.78, 5) is 0.985. The van der Waals surface area contributed by atoms with E-state index in [0.29, 0.717) is 11.8 Å². The maximum absolute atomic E-state index is 5.76. The number of rotatable bonds is 8. The molecule has 9 heteroatoms. The normalized spacial score (nSPS) is 12.4. The summed E-state index contributed by atoms with van der Waals surface area (Å²) in [6.45, 7) is 5.13. The van der Waals surface area contributed by atoms with E-state index in [1.165, 1.54) is 0 Å². The highest BCUT2D eigenvalue weighted by molar-refractivity contribution is 8.01. The number of nitrogens with one attached hydrogen (secondary N) is 1. The third-order valence-electron chi connectivity index (χ3n) is 3.01. The molecular formula is C14H17N5OS3. The van der Waals surface area contributed by atoms with Gasteiger partial charge in [0.1, 0.15) is 0 Å². The van der Waals surface area contributed by atoms with Gasteiger partial charge in [-0.1, -0.05) is 42.5 Å². The molecule has 1 unspecified atom stereocenters. The zero-order chi connectivity index (χ0) is 16.1. The Hall–Kier alpha value is -1.45. The highest BCUT2D eigenvalue weighted by Crippen LogP contribution is 2.37. The SMILES string of the molecule is CCCCNc1nnc(SC(C)c2nnc(-c3cccs3)o2)s1. The van der Waals surface area contributed by atoms with E-state index in [1.807, 2.05) is 24.4 Å². The Labute approximate surface area is 146 Å². The lowest BCUT2D eigenvalue weighted by Gasteiger charge is -2.02. The van der Waals surface area contributed by atoms with Crippen LogP contribution >= 0.6 is 34.4 Å². The molecule has 3 heterocycles. The van der Waals surface area contributed by atoms with Crippen LogP contribution in [0.1, 0.15) is 37.8 Å². The maximum Gasteiger partial charge on any atom is 0.257 e. The molecule has 3 rings (SSSR count). The molecule has 0 spiro atoms. The smallest absolute Gasteiger partial charge is 0.257 e. The molecule has 0 fully saturated rings. The summed E-state index contributed by atoms with van der Waals surface area (Å²) in [5, 5.41) is 22.8. The number of hydrogen-bond acceptors (Lipinski definition) is 9. The Morgan fingerprint density at radius 3 is 3.00 bits per heavy atom. The van der Waals surface area contributed by atoms with Gasteiger partial charge < -0.3 is 9.73 Å². The lowest BCUT2D eigenvalue weighted by Crippen LogP contribution is -1.99. The van der Waals surface area contributed by atoms with Crippen molar-refractivity contribution < 1.29 is 4.42 Å². The molecule has 0 saturated heterocycles. The van der Waals surface area contributed by atoms with Crippen molar-refractivity contribution in [3.8, 4) is 10.8 Å². The number of nitrogens with zero attached hydrogens (tertiary/aromatic N) is 4. The van der Waals surface area contributed by atoms with Gasteiger partial charge in [0.05, 0.1) is 10.1 Å². The Bertz CT molecular complexity index is 724. The van der Waals surface area contributed by atoms with Crippen LogP contribution in [0.2, 0.25) is 0 Å². The molecule has 0 radical (unpaired) electrons. The van der Waals surface area contributed by atoms with E-state index in [1.54, 1.807) is 34.4 Å². The average Bonchev–Trinajstić information content (AvgIpc) is 3.29. The molecule has 0 bridgehead atoms. The van der Waals surface area contributed by atoms with E-state index in [9.17, 15) is 0 Å². The van der Waals surface area contributed by atoms with Crippen molar-refractivity contribution in [1.29, 1.82) is 0 Å². The number of thiophene rings is 1. The molecule has 0 aliphatic heterocycles. The van der Waals surface area contributed by atoms with E-state index >= 15 is 0 Å². The monoisotopic (exact) mass is 367 g/mol. The van der Waals surface area contributed by atoms with Gasteiger partial charge in [0.25, 0.3) is 5.89 Å². The van der Waals surface area contributed by atoms with E-state index in [4.69, 9.17) is 4.42 Å². The van der Waals surface area contributed by atoms with Gasteiger partial charge in [-0.15, -0.1) is 31.7 Å². The first kappa shape index (κ1) is 16.4. The van der Waals surface area contributed by atoms with Crippen LogP contribution in [0.25, 0.3) is 10.8 Å². The number of thioether (sulfide) groups is 1. The van der Waals surface area contributed by atoms with Gasteiger partial charge in [-0.3, -0.25) is 0 Å². The van der Waals surface area contributed by atoms with Crippen molar-refractivity contribution in [2.75, 3.05) is 11.9 Å². The van der Waals surface area contributed by atoms with Crippen molar-refractivity contribution in [1.82, 2.24) is 20.4 Å². The van der Waals surface area contributed by atoms with Crippen LogP contribution in [-0.4, -0.2) is 26.9 Å². The second-order valence-corrected chi connectivity index (χ2v) is 8.35. The molecule has 122 valence electrons. The Morgan fingerprint density at radius 2 is 2.22 bits per heavy atom. The molecule has 0 aliphatic rings. The maximum atomic E-state index is 5.76. The molecule has 1 atom stereocenters. The van der Waals surface area contributed by atoms with Crippen molar-refractivity contribution in [3.63, 3.8) is 0 Å². The van der Waals surface area contributed by atoms with Gasteiger partial charge in [0, 0.05) is 6.54 Å². The third-order valence-corrected chi connectivity index (χ3v) is 5.92. The van der Waals surface area contributed by atoms with Gasteiger partial charge in [-0.2, -0.15) is 0 Å². The largest absolute Gasteiger partial charge is 0.419 e. The minimum absolute atomic E-state index is 0.0349. The second-order valence-electron chi connectivity index (χ2n) is 4.84. The van der Waals surface area contributed by atoms with Crippen LogP contribution < -0.4 is 5.32 Å².